The lowest BCUT2D eigenvalue weighted by Crippen LogP contribution is -2.44. The fourth-order valence-electron chi connectivity index (χ4n) is 1.58. The number of aliphatic hydroxyl groups is 1. The zero-order chi connectivity index (χ0) is 10.4. The van der Waals surface area contributed by atoms with Gasteiger partial charge in [-0.1, -0.05) is 5.92 Å². The van der Waals surface area contributed by atoms with Gasteiger partial charge in [-0.2, -0.15) is 0 Å². The van der Waals surface area contributed by atoms with Gasteiger partial charge in [-0.05, 0) is 19.4 Å². The summed E-state index contributed by atoms with van der Waals surface area (Å²) < 4.78 is 0. The number of piperidine rings is 1. The van der Waals surface area contributed by atoms with Crippen LogP contribution in [-0.4, -0.2) is 48.2 Å². The Hall–Kier alpha value is -1.05. The largest absolute Gasteiger partial charge is 0.392 e. The molecule has 0 aromatic heterocycles. The van der Waals surface area contributed by atoms with E-state index in [4.69, 9.17) is 6.42 Å². The van der Waals surface area contributed by atoms with Crippen LogP contribution in [0.2, 0.25) is 0 Å². The van der Waals surface area contributed by atoms with Gasteiger partial charge < -0.3 is 10.4 Å². The molecule has 0 aliphatic carbocycles. The first-order chi connectivity index (χ1) is 6.72. The van der Waals surface area contributed by atoms with E-state index in [0.29, 0.717) is 13.1 Å². The monoisotopic (exact) mass is 196 g/mol. The predicted octanol–water partition coefficient (Wildman–Crippen LogP) is -0.808. The van der Waals surface area contributed by atoms with Gasteiger partial charge in [-0.3, -0.25) is 9.69 Å². The topological polar surface area (TPSA) is 52.6 Å². The van der Waals surface area contributed by atoms with E-state index in [1.807, 2.05) is 4.90 Å². The van der Waals surface area contributed by atoms with E-state index < -0.39 is 0 Å². The second-order valence-electron chi connectivity index (χ2n) is 3.51. The Morgan fingerprint density at radius 2 is 2.50 bits per heavy atom. The molecule has 4 nitrogen and oxygen atoms in total. The number of aliphatic hydroxyl groups excluding tert-OH is 1. The van der Waals surface area contributed by atoms with Crippen molar-refractivity contribution in [2.24, 2.45) is 0 Å². The molecule has 0 radical (unpaired) electrons. The van der Waals surface area contributed by atoms with Gasteiger partial charge in [0.15, 0.2) is 0 Å². The van der Waals surface area contributed by atoms with E-state index in [-0.39, 0.29) is 18.6 Å². The highest BCUT2D eigenvalue weighted by Gasteiger charge is 2.19. The number of hydrogen-bond acceptors (Lipinski definition) is 3. The summed E-state index contributed by atoms with van der Waals surface area (Å²) in [7, 11) is 0. The van der Waals surface area contributed by atoms with Gasteiger partial charge in [0.25, 0.3) is 0 Å². The van der Waals surface area contributed by atoms with Crippen LogP contribution in [0.1, 0.15) is 12.8 Å². The predicted molar refractivity (Wildman–Crippen MR) is 53.5 cm³/mol. The first kappa shape index (κ1) is 11.0. The fourth-order valence-corrected chi connectivity index (χ4v) is 1.58. The van der Waals surface area contributed by atoms with Crippen LogP contribution < -0.4 is 5.32 Å². The molecule has 0 spiro atoms. The van der Waals surface area contributed by atoms with E-state index >= 15 is 0 Å². The maximum atomic E-state index is 11.2. The average molecular weight is 196 g/mol. The van der Waals surface area contributed by atoms with Gasteiger partial charge in [0.2, 0.25) is 5.91 Å². The SMILES string of the molecule is C#CCNC(=O)CN1CCCC(O)C1. The molecule has 78 valence electrons. The van der Waals surface area contributed by atoms with Gasteiger partial charge in [-0.15, -0.1) is 6.42 Å². The minimum absolute atomic E-state index is 0.0722. The van der Waals surface area contributed by atoms with E-state index in [1.54, 1.807) is 0 Å². The first-order valence-electron chi connectivity index (χ1n) is 4.83. The Morgan fingerprint density at radius 3 is 3.14 bits per heavy atom. The molecule has 1 rings (SSSR count). The van der Waals surface area contributed by atoms with Crippen LogP contribution in [0.3, 0.4) is 0 Å². The lowest BCUT2D eigenvalue weighted by molar-refractivity contribution is -0.122. The number of hydrogen-bond donors (Lipinski definition) is 2. The van der Waals surface area contributed by atoms with Crippen molar-refractivity contribution in [3.63, 3.8) is 0 Å². The van der Waals surface area contributed by atoms with Gasteiger partial charge in [-0.25, -0.2) is 0 Å². The number of nitrogens with zero attached hydrogens (tertiary/aromatic N) is 1. The summed E-state index contributed by atoms with van der Waals surface area (Å²) >= 11 is 0. The van der Waals surface area contributed by atoms with Crippen molar-refractivity contribution < 1.29 is 9.90 Å². The molecule has 1 aliphatic rings. The number of carbonyl (C=O) groups excluding carboxylic acids is 1. The third-order valence-corrected chi connectivity index (χ3v) is 2.24. The molecular formula is C10H16N2O2. The minimum atomic E-state index is -0.288. The van der Waals surface area contributed by atoms with E-state index in [1.165, 1.54) is 0 Å². The summed E-state index contributed by atoms with van der Waals surface area (Å²) in [6.07, 6.45) is 6.51. The molecule has 0 aromatic carbocycles. The summed E-state index contributed by atoms with van der Waals surface area (Å²) in [4.78, 5) is 13.2. The molecule has 1 saturated heterocycles. The molecule has 0 saturated carbocycles. The molecular weight excluding hydrogens is 180 g/mol. The molecule has 0 aromatic rings. The third kappa shape index (κ3) is 3.77. The lowest BCUT2D eigenvalue weighted by Gasteiger charge is -2.29. The second-order valence-corrected chi connectivity index (χ2v) is 3.51. The molecule has 1 heterocycles. The molecule has 14 heavy (non-hydrogen) atoms. The number of likely N-dealkylation sites (tertiary alicyclic amines) is 1. The Balaban J connectivity index is 2.22. The Bertz CT molecular complexity index is 235. The molecule has 1 amide bonds. The van der Waals surface area contributed by atoms with Gasteiger partial charge >= 0.3 is 0 Å². The van der Waals surface area contributed by atoms with Crippen molar-refractivity contribution in [1.82, 2.24) is 10.2 Å². The van der Waals surface area contributed by atoms with Crippen molar-refractivity contribution in [1.29, 1.82) is 0 Å². The number of β-amino-alcohol motifs (C(OH)–C–C–N with tert-alkyl or cyclic N) is 1. The minimum Gasteiger partial charge on any atom is -0.392 e. The summed E-state index contributed by atoms with van der Waals surface area (Å²) in [5, 5.41) is 12.0. The van der Waals surface area contributed by atoms with Gasteiger partial charge in [0.1, 0.15) is 0 Å². The molecule has 2 N–H and O–H groups in total. The number of rotatable bonds is 3. The highest BCUT2D eigenvalue weighted by Crippen LogP contribution is 2.08. The van der Waals surface area contributed by atoms with Crippen molar-refractivity contribution in [3.05, 3.63) is 0 Å². The summed E-state index contributed by atoms with van der Waals surface area (Å²) in [5.74, 6) is 2.27. The van der Waals surface area contributed by atoms with Gasteiger partial charge in [0.05, 0.1) is 19.2 Å². The van der Waals surface area contributed by atoms with Crippen molar-refractivity contribution >= 4 is 5.91 Å². The molecule has 1 aliphatic heterocycles. The van der Waals surface area contributed by atoms with E-state index in [2.05, 4.69) is 11.2 Å². The molecule has 0 bridgehead atoms. The molecule has 1 unspecified atom stereocenters. The molecule has 1 fully saturated rings. The van der Waals surface area contributed by atoms with E-state index in [0.717, 1.165) is 19.4 Å². The lowest BCUT2D eigenvalue weighted by atomic mass is 10.1. The van der Waals surface area contributed by atoms with Crippen molar-refractivity contribution in [2.45, 2.75) is 18.9 Å². The summed E-state index contributed by atoms with van der Waals surface area (Å²) in [6, 6.07) is 0. The number of carbonyl (C=O) groups is 1. The highest BCUT2D eigenvalue weighted by atomic mass is 16.3. The van der Waals surface area contributed by atoms with Crippen LogP contribution in [0, 0.1) is 12.3 Å². The van der Waals surface area contributed by atoms with E-state index in [9.17, 15) is 9.90 Å². The Morgan fingerprint density at radius 1 is 1.71 bits per heavy atom. The van der Waals surface area contributed by atoms with Crippen LogP contribution in [0.4, 0.5) is 0 Å². The quantitative estimate of drug-likeness (QED) is 0.581. The number of amides is 1. The number of nitrogens with one attached hydrogen (secondary N) is 1. The van der Waals surface area contributed by atoms with Crippen molar-refractivity contribution in [3.8, 4) is 12.3 Å². The van der Waals surface area contributed by atoms with Gasteiger partial charge in [0, 0.05) is 6.54 Å². The Kier molecular flexibility index (Phi) is 4.44. The standard InChI is InChI=1S/C10H16N2O2/c1-2-5-11-10(14)8-12-6-3-4-9(13)7-12/h1,9,13H,3-8H2,(H,11,14). The fraction of sp³-hybridized carbons (Fsp3) is 0.700. The van der Waals surface area contributed by atoms with Crippen LogP contribution in [0.5, 0.6) is 0 Å². The normalized spacial score (nSPS) is 22.7. The Labute approximate surface area is 84.3 Å². The highest BCUT2D eigenvalue weighted by molar-refractivity contribution is 5.78. The zero-order valence-electron chi connectivity index (χ0n) is 8.20. The van der Waals surface area contributed by atoms with Crippen LogP contribution in [0.15, 0.2) is 0 Å². The van der Waals surface area contributed by atoms with Crippen LogP contribution in [-0.2, 0) is 4.79 Å². The average Bonchev–Trinajstić information content (AvgIpc) is 2.15. The summed E-state index contributed by atoms with van der Waals surface area (Å²) in [6.45, 7) is 2.07. The first-order valence-corrected chi connectivity index (χ1v) is 4.83. The second kappa shape index (κ2) is 5.63. The van der Waals surface area contributed by atoms with Crippen LogP contribution in [0.25, 0.3) is 0 Å². The van der Waals surface area contributed by atoms with Crippen molar-refractivity contribution in [2.75, 3.05) is 26.2 Å². The third-order valence-electron chi connectivity index (χ3n) is 2.24. The zero-order valence-corrected chi connectivity index (χ0v) is 8.20. The van der Waals surface area contributed by atoms with Crippen LogP contribution >= 0.6 is 0 Å². The maximum Gasteiger partial charge on any atom is 0.234 e. The molecule has 4 heteroatoms. The smallest absolute Gasteiger partial charge is 0.234 e. The molecule has 1 atom stereocenters. The number of terminal acetylenes is 1. The maximum absolute atomic E-state index is 11.2. The summed E-state index contributed by atoms with van der Waals surface area (Å²) in [5.41, 5.74) is 0.